The van der Waals surface area contributed by atoms with E-state index in [0.717, 1.165) is 16.8 Å². The third-order valence-electron chi connectivity index (χ3n) is 3.60. The molecule has 0 aliphatic heterocycles. The summed E-state index contributed by atoms with van der Waals surface area (Å²) < 4.78 is 6.50. The van der Waals surface area contributed by atoms with Crippen molar-refractivity contribution >= 4 is 21.6 Å². The first-order valence-electron chi connectivity index (χ1n) is 7.47. The van der Waals surface area contributed by atoms with Crippen LogP contribution in [0.25, 0.3) is 0 Å². The normalized spacial score (nSPS) is 10.1. The van der Waals surface area contributed by atoms with Gasteiger partial charge in [0, 0.05) is 10.0 Å². The van der Waals surface area contributed by atoms with Crippen LogP contribution in [0.2, 0.25) is 0 Å². The van der Waals surface area contributed by atoms with Crippen molar-refractivity contribution in [1.29, 1.82) is 0 Å². The molecule has 0 fully saturated rings. The maximum Gasteiger partial charge on any atom is 0.129 e. The molecule has 0 aliphatic rings. The summed E-state index contributed by atoms with van der Waals surface area (Å²) in [5.74, 6) is 0.939. The van der Waals surface area contributed by atoms with E-state index < -0.39 is 0 Å². The molecule has 0 radical (unpaired) electrons. The SMILES string of the molecule is CCCCc1ccc([NH2+]Cc2cc(Br)ccc2OC)cc1.[Cl-]. The zero-order valence-electron chi connectivity index (χ0n) is 13.1. The Morgan fingerprint density at radius 2 is 1.82 bits per heavy atom. The van der Waals surface area contributed by atoms with E-state index in [0.29, 0.717) is 0 Å². The van der Waals surface area contributed by atoms with Gasteiger partial charge in [-0.05, 0) is 48.7 Å². The predicted octanol–water partition coefficient (Wildman–Crippen LogP) is 1.20. The van der Waals surface area contributed by atoms with E-state index >= 15 is 0 Å². The van der Waals surface area contributed by atoms with Gasteiger partial charge in [0.25, 0.3) is 0 Å². The summed E-state index contributed by atoms with van der Waals surface area (Å²) in [4.78, 5) is 0. The lowest BCUT2D eigenvalue weighted by molar-refractivity contribution is -0.588. The van der Waals surface area contributed by atoms with Crippen LogP contribution in [-0.2, 0) is 13.0 Å². The minimum absolute atomic E-state index is 0. The molecule has 0 bridgehead atoms. The van der Waals surface area contributed by atoms with Crippen LogP contribution in [-0.4, -0.2) is 7.11 Å². The van der Waals surface area contributed by atoms with Crippen LogP contribution in [0.3, 0.4) is 0 Å². The number of unbranched alkanes of at least 4 members (excludes halogenated alkanes) is 1. The molecule has 0 saturated carbocycles. The molecule has 0 saturated heterocycles. The van der Waals surface area contributed by atoms with Crippen LogP contribution in [0.4, 0.5) is 5.69 Å². The maximum atomic E-state index is 5.41. The van der Waals surface area contributed by atoms with Gasteiger partial charge < -0.3 is 22.5 Å². The fourth-order valence-electron chi connectivity index (χ4n) is 2.34. The van der Waals surface area contributed by atoms with Crippen molar-refractivity contribution in [2.45, 2.75) is 32.7 Å². The highest BCUT2D eigenvalue weighted by atomic mass is 79.9. The number of aryl methyl sites for hydroxylation is 1. The summed E-state index contributed by atoms with van der Waals surface area (Å²) in [6, 6.07) is 15.0. The second-order valence-electron chi connectivity index (χ2n) is 5.21. The average molecular weight is 385 g/mol. The third kappa shape index (κ3) is 5.64. The summed E-state index contributed by atoms with van der Waals surface area (Å²) in [6.07, 6.45) is 3.69. The van der Waals surface area contributed by atoms with Gasteiger partial charge in [0.05, 0.1) is 7.11 Å². The Morgan fingerprint density at radius 3 is 2.45 bits per heavy atom. The highest BCUT2D eigenvalue weighted by molar-refractivity contribution is 9.10. The van der Waals surface area contributed by atoms with Crippen molar-refractivity contribution < 1.29 is 22.5 Å². The Kier molecular flexibility index (Phi) is 8.54. The van der Waals surface area contributed by atoms with Crippen LogP contribution in [0, 0.1) is 0 Å². The van der Waals surface area contributed by atoms with Gasteiger partial charge in [-0.25, -0.2) is 0 Å². The van der Waals surface area contributed by atoms with Crippen LogP contribution >= 0.6 is 15.9 Å². The van der Waals surface area contributed by atoms with Crippen molar-refractivity contribution in [3.05, 3.63) is 58.1 Å². The molecule has 0 amide bonds. The fraction of sp³-hybridized carbons (Fsp3) is 0.333. The van der Waals surface area contributed by atoms with Crippen molar-refractivity contribution in [3.63, 3.8) is 0 Å². The third-order valence-corrected chi connectivity index (χ3v) is 4.09. The molecule has 0 aliphatic carbocycles. The van der Waals surface area contributed by atoms with E-state index in [2.05, 4.69) is 58.5 Å². The van der Waals surface area contributed by atoms with Crippen LogP contribution in [0.1, 0.15) is 30.9 Å². The highest BCUT2D eigenvalue weighted by Gasteiger charge is 2.06. The molecule has 120 valence electrons. The molecule has 0 heterocycles. The molecule has 22 heavy (non-hydrogen) atoms. The van der Waals surface area contributed by atoms with Gasteiger partial charge in [-0.1, -0.05) is 41.4 Å². The molecular weight excluding hydrogens is 362 g/mol. The van der Waals surface area contributed by atoms with Crippen LogP contribution in [0.15, 0.2) is 46.9 Å². The lowest BCUT2D eigenvalue weighted by atomic mass is 10.1. The summed E-state index contributed by atoms with van der Waals surface area (Å²) in [7, 11) is 1.72. The van der Waals surface area contributed by atoms with Gasteiger partial charge in [-0.3, -0.25) is 0 Å². The summed E-state index contributed by atoms with van der Waals surface area (Å²) >= 11 is 3.52. The first kappa shape index (κ1) is 19.0. The van der Waals surface area contributed by atoms with Crippen LogP contribution in [0.5, 0.6) is 5.75 Å². The monoisotopic (exact) mass is 383 g/mol. The number of hydrogen-bond acceptors (Lipinski definition) is 1. The zero-order valence-corrected chi connectivity index (χ0v) is 15.5. The van der Waals surface area contributed by atoms with Gasteiger partial charge in [0.15, 0.2) is 0 Å². The largest absolute Gasteiger partial charge is 1.00 e. The molecular formula is C18H23BrClNO. The van der Waals surface area contributed by atoms with Crippen molar-refractivity contribution in [1.82, 2.24) is 0 Å². The van der Waals surface area contributed by atoms with E-state index in [1.54, 1.807) is 7.11 Å². The second-order valence-corrected chi connectivity index (χ2v) is 6.13. The quantitative estimate of drug-likeness (QED) is 0.713. The number of halogens is 2. The molecule has 2 rings (SSSR count). The fourth-order valence-corrected chi connectivity index (χ4v) is 2.74. The lowest BCUT2D eigenvalue weighted by Crippen LogP contribution is -3.00. The topological polar surface area (TPSA) is 25.8 Å². The molecule has 2 N–H and O–H groups in total. The maximum absolute atomic E-state index is 5.41. The van der Waals surface area contributed by atoms with Gasteiger partial charge >= 0.3 is 0 Å². The highest BCUT2D eigenvalue weighted by Crippen LogP contribution is 2.22. The van der Waals surface area contributed by atoms with E-state index in [4.69, 9.17) is 4.74 Å². The Labute approximate surface area is 147 Å². The molecule has 0 spiro atoms. The number of rotatable bonds is 7. The number of hydrogen-bond donors (Lipinski definition) is 1. The van der Waals surface area contributed by atoms with Crippen molar-refractivity contribution in [3.8, 4) is 5.75 Å². The second kappa shape index (κ2) is 9.88. The Morgan fingerprint density at radius 1 is 1.09 bits per heavy atom. The smallest absolute Gasteiger partial charge is 0.129 e. The molecule has 4 heteroatoms. The van der Waals surface area contributed by atoms with Gasteiger partial charge in [-0.2, -0.15) is 0 Å². The Hall–Kier alpha value is -1.03. The number of ether oxygens (including phenoxy) is 1. The summed E-state index contributed by atoms with van der Waals surface area (Å²) in [5.41, 5.74) is 3.88. The Bertz CT molecular complexity index is 572. The van der Waals surface area contributed by atoms with Gasteiger partial charge in [0.1, 0.15) is 18.0 Å². The minimum Gasteiger partial charge on any atom is -1.00 e. The lowest BCUT2D eigenvalue weighted by Gasteiger charge is -2.08. The number of quaternary nitrogens is 1. The molecule has 0 unspecified atom stereocenters. The number of benzene rings is 2. The first-order chi connectivity index (χ1) is 10.2. The Balaban J connectivity index is 0.00000242. The number of methoxy groups -OCH3 is 1. The minimum atomic E-state index is 0. The molecule has 2 aromatic rings. The first-order valence-corrected chi connectivity index (χ1v) is 8.26. The summed E-state index contributed by atoms with van der Waals surface area (Å²) in [6.45, 7) is 3.10. The molecule has 2 aromatic carbocycles. The van der Waals surface area contributed by atoms with E-state index in [1.807, 2.05) is 12.1 Å². The van der Waals surface area contributed by atoms with E-state index in [9.17, 15) is 0 Å². The number of nitrogens with two attached hydrogens (primary N) is 1. The van der Waals surface area contributed by atoms with Gasteiger partial charge in [-0.15, -0.1) is 0 Å². The van der Waals surface area contributed by atoms with Crippen LogP contribution < -0.4 is 22.5 Å². The van der Waals surface area contributed by atoms with E-state index in [1.165, 1.54) is 36.1 Å². The predicted molar refractivity (Wildman–Crippen MR) is 91.0 cm³/mol. The molecule has 0 aromatic heterocycles. The zero-order chi connectivity index (χ0) is 15.1. The molecule has 2 nitrogen and oxygen atoms in total. The molecule has 0 atom stereocenters. The standard InChI is InChI=1S/C18H22BrNO.ClH/c1-3-4-5-14-6-9-17(10-7-14)20-13-15-12-16(19)8-11-18(15)21-2;/h6-12,20H,3-5,13H2,1-2H3;1H. The van der Waals surface area contributed by atoms with Gasteiger partial charge in [0.2, 0.25) is 0 Å². The van der Waals surface area contributed by atoms with Crippen molar-refractivity contribution in [2.24, 2.45) is 0 Å². The van der Waals surface area contributed by atoms with Crippen molar-refractivity contribution in [2.75, 3.05) is 7.11 Å². The summed E-state index contributed by atoms with van der Waals surface area (Å²) in [5, 5.41) is 2.24. The average Bonchev–Trinajstić information content (AvgIpc) is 2.52. The van der Waals surface area contributed by atoms with E-state index in [-0.39, 0.29) is 12.4 Å².